The highest BCUT2D eigenvalue weighted by Gasteiger charge is 2.19. The second-order valence-corrected chi connectivity index (χ2v) is 14.6. The van der Waals surface area contributed by atoms with Crippen LogP contribution in [0.3, 0.4) is 0 Å². The molecular weight excluding hydrogens is 653 g/mol. The van der Waals surface area contributed by atoms with Gasteiger partial charge in [-0.2, -0.15) is 0 Å². The summed E-state index contributed by atoms with van der Waals surface area (Å²) in [5.74, 6) is 0. The average molecular weight is 681 g/mol. The molecule has 0 fully saturated rings. The van der Waals surface area contributed by atoms with Gasteiger partial charge in [-0.1, -0.05) is 78.9 Å². The summed E-state index contributed by atoms with van der Waals surface area (Å²) in [4.78, 5) is 5.72. The molecule has 0 saturated carbocycles. The summed E-state index contributed by atoms with van der Waals surface area (Å²) < 4.78 is 8.50. The second-order valence-electron chi connectivity index (χ2n) is 13.6. The highest BCUT2D eigenvalue weighted by atomic mass is 32.1. The van der Waals surface area contributed by atoms with Crippen LogP contribution in [0.5, 0.6) is 0 Å². The fourth-order valence-electron chi connectivity index (χ4n) is 8.70. The Kier molecular flexibility index (Phi) is 5.62. The van der Waals surface area contributed by atoms with E-state index in [2.05, 4.69) is 176 Å². The molecule has 0 unspecified atom stereocenters. The molecule has 242 valence electrons. The van der Waals surface area contributed by atoms with Crippen molar-refractivity contribution in [1.29, 1.82) is 0 Å². The Hall–Kier alpha value is -6.69. The molecule has 12 rings (SSSR count). The molecule has 0 aliphatic carbocycles. The molecule has 0 N–H and O–H groups in total. The minimum Gasteiger partial charge on any atom is -0.309 e. The van der Waals surface area contributed by atoms with Crippen LogP contribution in [0.15, 0.2) is 170 Å². The Bertz CT molecular complexity index is 3370. The van der Waals surface area contributed by atoms with E-state index in [-0.39, 0.29) is 0 Å². The predicted molar refractivity (Wildman–Crippen MR) is 220 cm³/mol. The van der Waals surface area contributed by atoms with Gasteiger partial charge in [-0.05, 0) is 84.9 Å². The van der Waals surface area contributed by atoms with E-state index in [9.17, 15) is 0 Å². The van der Waals surface area contributed by atoms with Gasteiger partial charge in [0.15, 0.2) is 0 Å². The molecule has 0 bridgehead atoms. The van der Waals surface area contributed by atoms with Gasteiger partial charge in [0.2, 0.25) is 0 Å². The first-order chi connectivity index (χ1) is 25.8. The molecule has 52 heavy (non-hydrogen) atoms. The van der Waals surface area contributed by atoms with Crippen LogP contribution in [0.1, 0.15) is 0 Å². The average Bonchev–Trinajstić information content (AvgIpc) is 3.93. The number of aromatic nitrogens is 4. The van der Waals surface area contributed by atoms with Gasteiger partial charge < -0.3 is 13.7 Å². The van der Waals surface area contributed by atoms with Crippen molar-refractivity contribution in [1.82, 2.24) is 18.7 Å². The highest BCUT2D eigenvalue weighted by molar-refractivity contribution is 7.25. The summed E-state index contributed by atoms with van der Waals surface area (Å²) >= 11 is 1.76. The van der Waals surface area contributed by atoms with E-state index in [4.69, 9.17) is 0 Å². The molecule has 0 radical (unpaired) electrons. The normalized spacial score (nSPS) is 12.2. The number of benzene rings is 7. The summed E-state index contributed by atoms with van der Waals surface area (Å²) in [7, 11) is 0. The summed E-state index contributed by atoms with van der Waals surface area (Å²) in [6.45, 7) is 0. The number of pyridine rings is 1. The maximum Gasteiger partial charge on any atom is 0.124 e. The van der Waals surface area contributed by atoms with E-state index in [0.29, 0.717) is 0 Å². The fraction of sp³-hybridized carbons (Fsp3) is 0. The van der Waals surface area contributed by atoms with Crippen LogP contribution in [-0.2, 0) is 0 Å². The van der Waals surface area contributed by atoms with Crippen molar-refractivity contribution in [2.24, 2.45) is 0 Å². The molecule has 0 aliphatic heterocycles. The van der Waals surface area contributed by atoms with Crippen molar-refractivity contribution < 1.29 is 0 Å². The van der Waals surface area contributed by atoms with Crippen LogP contribution in [-0.4, -0.2) is 18.7 Å². The number of thiophene rings is 1. The van der Waals surface area contributed by atoms with Crippen molar-refractivity contribution in [2.45, 2.75) is 0 Å². The van der Waals surface area contributed by atoms with Crippen LogP contribution >= 0.6 is 11.3 Å². The standard InChI is InChI=1S/C47H28N4S/c1-5-15-40-32(10-1)33-11-2-6-16-41(33)49(40)29-20-23-44-38(26-29)34-12-3-7-17-42(34)50(44)30-21-24-45-39(27-30)35-13-4-8-18-43(35)51(45)31-19-22-36-37-14-9-25-48-47(37)52-46(36)28-31/h1-28H. The summed E-state index contributed by atoms with van der Waals surface area (Å²) in [6.07, 6.45) is 1.88. The number of fused-ring (bicyclic) bond motifs is 12. The van der Waals surface area contributed by atoms with Crippen molar-refractivity contribution in [2.75, 3.05) is 0 Å². The molecule has 5 heteroatoms. The third kappa shape index (κ3) is 3.78. The number of hydrogen-bond donors (Lipinski definition) is 0. The zero-order valence-electron chi connectivity index (χ0n) is 27.9. The van der Waals surface area contributed by atoms with Gasteiger partial charge in [0.05, 0.1) is 33.1 Å². The first-order valence-corrected chi connectivity index (χ1v) is 18.4. The first-order valence-electron chi connectivity index (χ1n) is 17.6. The van der Waals surface area contributed by atoms with Crippen molar-refractivity contribution >= 4 is 97.1 Å². The molecule has 0 saturated heterocycles. The number of nitrogens with zero attached hydrogens (tertiary/aromatic N) is 4. The van der Waals surface area contributed by atoms with Crippen LogP contribution in [0.2, 0.25) is 0 Å². The van der Waals surface area contributed by atoms with Gasteiger partial charge in [-0.25, -0.2) is 4.98 Å². The topological polar surface area (TPSA) is 27.7 Å². The van der Waals surface area contributed by atoms with Gasteiger partial charge >= 0.3 is 0 Å². The monoisotopic (exact) mass is 680 g/mol. The van der Waals surface area contributed by atoms with Crippen LogP contribution in [0.4, 0.5) is 0 Å². The lowest BCUT2D eigenvalue weighted by atomic mass is 10.1. The van der Waals surface area contributed by atoms with E-state index in [1.165, 1.54) is 80.9 Å². The molecule has 0 aliphatic rings. The molecule has 7 aromatic carbocycles. The van der Waals surface area contributed by atoms with Gasteiger partial charge in [0, 0.05) is 71.0 Å². The fourth-order valence-corrected chi connectivity index (χ4v) is 9.77. The van der Waals surface area contributed by atoms with Crippen molar-refractivity contribution in [3.8, 4) is 17.1 Å². The lowest BCUT2D eigenvalue weighted by molar-refractivity contribution is 1.16. The molecule has 0 amide bonds. The van der Waals surface area contributed by atoms with E-state index >= 15 is 0 Å². The number of para-hydroxylation sites is 4. The second kappa shape index (κ2) is 10.4. The maximum absolute atomic E-state index is 4.64. The third-order valence-electron chi connectivity index (χ3n) is 10.9. The minimum absolute atomic E-state index is 1.08. The third-order valence-corrected chi connectivity index (χ3v) is 12.0. The predicted octanol–water partition coefficient (Wildman–Crippen LogP) is 12.7. The lowest BCUT2D eigenvalue weighted by Gasteiger charge is -2.11. The van der Waals surface area contributed by atoms with Crippen molar-refractivity contribution in [3.05, 3.63) is 170 Å². The SMILES string of the molecule is c1cnc2sc3cc(-n4c5ccccc5c5cc(-n6c7ccccc7c7cc(-n8c9ccccc9c9ccccc98)ccc76)ccc54)ccc3c2c1. The Morgan fingerprint density at radius 3 is 1.25 bits per heavy atom. The largest absolute Gasteiger partial charge is 0.309 e. The van der Waals surface area contributed by atoms with Gasteiger partial charge in [0.25, 0.3) is 0 Å². The smallest absolute Gasteiger partial charge is 0.124 e. The maximum atomic E-state index is 4.64. The van der Waals surface area contributed by atoms with Crippen LogP contribution in [0.25, 0.3) is 103 Å². The van der Waals surface area contributed by atoms with E-state index in [1.807, 2.05) is 12.3 Å². The van der Waals surface area contributed by atoms with Gasteiger partial charge in [0.1, 0.15) is 4.83 Å². The van der Waals surface area contributed by atoms with Crippen LogP contribution < -0.4 is 0 Å². The zero-order chi connectivity index (χ0) is 33.9. The van der Waals surface area contributed by atoms with Gasteiger partial charge in [-0.15, -0.1) is 11.3 Å². The first kappa shape index (κ1) is 28.1. The number of rotatable bonds is 3. The minimum atomic E-state index is 1.08. The Morgan fingerprint density at radius 2 is 0.731 bits per heavy atom. The quantitative estimate of drug-likeness (QED) is 0.182. The van der Waals surface area contributed by atoms with Crippen LogP contribution in [0, 0.1) is 0 Å². The molecule has 5 aromatic heterocycles. The molecule has 0 atom stereocenters. The molecule has 5 heterocycles. The Balaban J connectivity index is 1.08. The summed E-state index contributed by atoms with van der Waals surface area (Å²) in [5.41, 5.74) is 10.7. The molecular formula is C47H28N4S. The summed E-state index contributed by atoms with van der Waals surface area (Å²) in [6, 6.07) is 60.0. The van der Waals surface area contributed by atoms with Crippen molar-refractivity contribution in [3.63, 3.8) is 0 Å². The highest BCUT2D eigenvalue weighted by Crippen LogP contribution is 2.40. The molecule has 4 nitrogen and oxygen atoms in total. The molecule has 12 aromatic rings. The van der Waals surface area contributed by atoms with E-state index in [1.54, 1.807) is 11.3 Å². The van der Waals surface area contributed by atoms with E-state index in [0.717, 1.165) is 21.9 Å². The Labute approximate surface area is 301 Å². The molecule has 0 spiro atoms. The zero-order valence-corrected chi connectivity index (χ0v) is 28.7. The Morgan fingerprint density at radius 1 is 0.327 bits per heavy atom. The lowest BCUT2D eigenvalue weighted by Crippen LogP contribution is -1.96. The summed E-state index contributed by atoms with van der Waals surface area (Å²) in [5, 5.41) is 9.98. The van der Waals surface area contributed by atoms with Gasteiger partial charge in [-0.3, -0.25) is 0 Å². The number of hydrogen-bond acceptors (Lipinski definition) is 2. The van der Waals surface area contributed by atoms with E-state index < -0.39 is 0 Å².